The fourth-order valence-corrected chi connectivity index (χ4v) is 4.96. The van der Waals surface area contributed by atoms with E-state index >= 15 is 8.78 Å². The summed E-state index contributed by atoms with van der Waals surface area (Å²) in [5.41, 5.74) is 1.13. The molecule has 32 heavy (non-hydrogen) atoms. The summed E-state index contributed by atoms with van der Waals surface area (Å²) < 4.78 is 74.7. The number of hydrogen-bond acceptors (Lipinski definition) is 1. The molecule has 1 fully saturated rings. The van der Waals surface area contributed by atoms with E-state index in [0.29, 0.717) is 17.1 Å². The van der Waals surface area contributed by atoms with Crippen molar-refractivity contribution in [2.45, 2.75) is 77.5 Å². The standard InChI is InChI=1S/C26H31F5O/c1-5-17-7-9-19(10-8-17)21-13-22(27)24(23(28)14-21)18(6-2)12-20-11-15(3)25(26(29,30)31)32-16(20)4/h6,12-15,17,19,25H,2,5,7-11H2,1,3-4H3/b18-12+. The van der Waals surface area contributed by atoms with Crippen LogP contribution in [0.4, 0.5) is 22.0 Å². The molecule has 1 aromatic rings. The van der Waals surface area contributed by atoms with Gasteiger partial charge in [0.2, 0.25) is 0 Å². The average Bonchev–Trinajstić information content (AvgIpc) is 2.73. The highest BCUT2D eigenvalue weighted by atomic mass is 19.4. The van der Waals surface area contributed by atoms with Crippen molar-refractivity contribution in [2.75, 3.05) is 0 Å². The second-order valence-electron chi connectivity index (χ2n) is 9.13. The number of alkyl halides is 3. The Morgan fingerprint density at radius 1 is 1.12 bits per heavy atom. The summed E-state index contributed by atoms with van der Waals surface area (Å²) in [6.07, 6.45) is 1.64. The first-order chi connectivity index (χ1) is 15.0. The molecule has 0 bridgehead atoms. The number of rotatable bonds is 5. The van der Waals surface area contributed by atoms with Crippen LogP contribution in [0, 0.1) is 23.5 Å². The maximum Gasteiger partial charge on any atom is 0.425 e. The molecule has 6 heteroatoms. The molecule has 1 aromatic carbocycles. The third-order valence-corrected chi connectivity index (χ3v) is 6.94. The lowest BCUT2D eigenvalue weighted by molar-refractivity contribution is -0.227. The van der Waals surface area contributed by atoms with Crippen molar-refractivity contribution in [3.63, 3.8) is 0 Å². The first-order valence-electron chi connectivity index (χ1n) is 11.3. The zero-order valence-corrected chi connectivity index (χ0v) is 18.9. The van der Waals surface area contributed by atoms with Crippen LogP contribution in [0.25, 0.3) is 5.57 Å². The Bertz CT molecular complexity index is 880. The molecule has 0 spiro atoms. The fraction of sp³-hybridized carbons (Fsp3) is 0.538. The molecule has 2 atom stereocenters. The van der Waals surface area contributed by atoms with Gasteiger partial charge in [-0.05, 0) is 85.8 Å². The molecule has 176 valence electrons. The molecular formula is C26H31F5O. The first-order valence-corrected chi connectivity index (χ1v) is 11.3. The molecule has 0 amide bonds. The summed E-state index contributed by atoms with van der Waals surface area (Å²) in [6, 6.07) is 2.79. The molecule has 1 saturated carbocycles. The van der Waals surface area contributed by atoms with Crippen LogP contribution >= 0.6 is 0 Å². The van der Waals surface area contributed by atoms with Gasteiger partial charge in [-0.1, -0.05) is 32.9 Å². The Hall–Kier alpha value is -2.11. The number of benzene rings is 1. The van der Waals surface area contributed by atoms with Gasteiger partial charge in [0.15, 0.2) is 6.10 Å². The van der Waals surface area contributed by atoms with Crippen molar-refractivity contribution in [3.05, 3.63) is 65.0 Å². The fourth-order valence-electron chi connectivity index (χ4n) is 4.96. The van der Waals surface area contributed by atoms with Gasteiger partial charge in [-0.2, -0.15) is 13.2 Å². The second-order valence-corrected chi connectivity index (χ2v) is 9.13. The minimum Gasteiger partial charge on any atom is -0.485 e. The van der Waals surface area contributed by atoms with Gasteiger partial charge in [0, 0.05) is 5.92 Å². The lowest BCUT2D eigenvalue weighted by atomic mass is 9.77. The molecule has 1 nitrogen and oxygen atoms in total. The monoisotopic (exact) mass is 454 g/mol. The van der Waals surface area contributed by atoms with Crippen molar-refractivity contribution < 1.29 is 26.7 Å². The summed E-state index contributed by atoms with van der Waals surface area (Å²) in [4.78, 5) is 0. The SMILES string of the molecule is C=C/C(=C\C1=C(C)OC(C(F)(F)F)C(C)C1)c1c(F)cc(C2CCC(CC)CC2)cc1F. The maximum absolute atomic E-state index is 15.1. The van der Waals surface area contributed by atoms with E-state index in [0.717, 1.165) is 32.1 Å². The second kappa shape index (κ2) is 9.80. The van der Waals surface area contributed by atoms with E-state index in [9.17, 15) is 13.2 Å². The summed E-state index contributed by atoms with van der Waals surface area (Å²) in [6.45, 7) is 8.73. The zero-order chi connectivity index (χ0) is 23.6. The van der Waals surface area contributed by atoms with Crippen molar-refractivity contribution in [1.82, 2.24) is 0 Å². The molecule has 0 radical (unpaired) electrons. The Morgan fingerprint density at radius 3 is 2.22 bits per heavy atom. The van der Waals surface area contributed by atoms with Gasteiger partial charge < -0.3 is 4.74 Å². The molecule has 2 aliphatic rings. The van der Waals surface area contributed by atoms with Crippen LogP contribution < -0.4 is 0 Å². The molecule has 2 unspecified atom stereocenters. The van der Waals surface area contributed by atoms with E-state index in [4.69, 9.17) is 4.74 Å². The minimum atomic E-state index is -4.47. The van der Waals surface area contributed by atoms with Gasteiger partial charge >= 0.3 is 6.18 Å². The average molecular weight is 455 g/mol. The molecule has 1 heterocycles. The molecule has 3 rings (SSSR count). The molecule has 0 N–H and O–H groups in total. The minimum absolute atomic E-state index is 0.0926. The van der Waals surface area contributed by atoms with Gasteiger partial charge in [-0.25, -0.2) is 8.78 Å². The highest BCUT2D eigenvalue weighted by Gasteiger charge is 2.47. The first kappa shape index (κ1) is 24.5. The summed E-state index contributed by atoms with van der Waals surface area (Å²) >= 11 is 0. The summed E-state index contributed by atoms with van der Waals surface area (Å²) in [5.74, 6) is -1.24. The van der Waals surface area contributed by atoms with Crippen LogP contribution in [-0.4, -0.2) is 12.3 Å². The third-order valence-electron chi connectivity index (χ3n) is 6.94. The smallest absolute Gasteiger partial charge is 0.425 e. The highest BCUT2D eigenvalue weighted by molar-refractivity contribution is 5.76. The molecule has 0 saturated heterocycles. The Labute approximate surface area is 187 Å². The van der Waals surface area contributed by atoms with Crippen LogP contribution in [0.2, 0.25) is 0 Å². The van der Waals surface area contributed by atoms with Crippen molar-refractivity contribution in [2.24, 2.45) is 11.8 Å². The van der Waals surface area contributed by atoms with Gasteiger partial charge in [0.25, 0.3) is 0 Å². The topological polar surface area (TPSA) is 9.23 Å². The summed E-state index contributed by atoms with van der Waals surface area (Å²) in [5, 5.41) is 0. The molecule has 0 aromatic heterocycles. The van der Waals surface area contributed by atoms with Crippen LogP contribution in [0.1, 0.15) is 76.3 Å². The number of allylic oxidation sites excluding steroid dienone is 5. The third kappa shape index (κ3) is 5.26. The van der Waals surface area contributed by atoms with E-state index in [1.54, 1.807) is 0 Å². The Kier molecular flexibility index (Phi) is 7.51. The van der Waals surface area contributed by atoms with Crippen molar-refractivity contribution >= 4 is 5.57 Å². The normalized spacial score (nSPS) is 27.3. The van der Waals surface area contributed by atoms with Gasteiger partial charge in [0.05, 0.1) is 11.3 Å². The zero-order valence-electron chi connectivity index (χ0n) is 18.9. The van der Waals surface area contributed by atoms with E-state index in [-0.39, 0.29) is 29.2 Å². The van der Waals surface area contributed by atoms with Crippen LogP contribution in [0.5, 0.6) is 0 Å². The van der Waals surface area contributed by atoms with Gasteiger partial charge in [-0.15, -0.1) is 0 Å². The largest absolute Gasteiger partial charge is 0.485 e. The van der Waals surface area contributed by atoms with Crippen molar-refractivity contribution in [3.8, 4) is 0 Å². The van der Waals surface area contributed by atoms with Crippen LogP contribution in [0.15, 0.2) is 42.2 Å². The van der Waals surface area contributed by atoms with E-state index in [1.165, 1.54) is 38.1 Å². The highest BCUT2D eigenvalue weighted by Crippen LogP contribution is 2.41. The number of ether oxygens (including phenoxy) is 1. The quantitative estimate of drug-likeness (QED) is 0.320. The summed E-state index contributed by atoms with van der Waals surface area (Å²) in [7, 11) is 0. The van der Waals surface area contributed by atoms with Gasteiger partial charge in [0.1, 0.15) is 11.6 Å². The predicted octanol–water partition coefficient (Wildman–Crippen LogP) is 8.48. The lowest BCUT2D eigenvalue weighted by Gasteiger charge is -2.33. The molecule has 1 aliphatic heterocycles. The maximum atomic E-state index is 15.1. The molecule has 1 aliphatic carbocycles. The predicted molar refractivity (Wildman–Crippen MR) is 117 cm³/mol. The Balaban J connectivity index is 1.89. The van der Waals surface area contributed by atoms with Gasteiger partial charge in [-0.3, -0.25) is 0 Å². The number of hydrogen-bond donors (Lipinski definition) is 0. The molecular weight excluding hydrogens is 423 g/mol. The Morgan fingerprint density at radius 2 is 1.72 bits per heavy atom. The van der Waals surface area contributed by atoms with E-state index in [1.807, 2.05) is 0 Å². The van der Waals surface area contributed by atoms with Crippen LogP contribution in [0.3, 0.4) is 0 Å². The van der Waals surface area contributed by atoms with E-state index < -0.39 is 29.8 Å². The van der Waals surface area contributed by atoms with E-state index in [2.05, 4.69) is 13.5 Å². The number of halogens is 5. The lowest BCUT2D eigenvalue weighted by Crippen LogP contribution is -2.39. The van der Waals surface area contributed by atoms with Crippen molar-refractivity contribution in [1.29, 1.82) is 0 Å². The van der Waals surface area contributed by atoms with Crippen LogP contribution in [-0.2, 0) is 4.74 Å².